The summed E-state index contributed by atoms with van der Waals surface area (Å²) < 4.78 is 49.0. The lowest BCUT2D eigenvalue weighted by Gasteiger charge is -2.37. The number of pyridine rings is 1. The van der Waals surface area contributed by atoms with Crippen LogP contribution in [0.2, 0.25) is 0 Å². The fourth-order valence-corrected chi connectivity index (χ4v) is 3.81. The van der Waals surface area contributed by atoms with E-state index in [9.17, 15) is 18.0 Å². The molecule has 3 aromatic rings. The summed E-state index contributed by atoms with van der Waals surface area (Å²) in [6, 6.07) is 7.02. The molecule has 1 aromatic carbocycles. The third kappa shape index (κ3) is 3.63. The molecule has 8 nitrogen and oxygen atoms in total. The molecular weight excluding hydrogens is 427 g/mol. The van der Waals surface area contributed by atoms with Crippen molar-refractivity contribution in [2.75, 3.05) is 18.9 Å². The maximum absolute atomic E-state index is 13.4. The number of hydrogen-bond acceptors (Lipinski definition) is 7. The van der Waals surface area contributed by atoms with Crippen molar-refractivity contribution >= 4 is 22.6 Å². The lowest BCUT2D eigenvalue weighted by Crippen LogP contribution is -2.51. The van der Waals surface area contributed by atoms with Gasteiger partial charge in [-0.05, 0) is 35.9 Å². The average Bonchev–Trinajstić information content (AvgIpc) is 3.22. The Morgan fingerprint density at radius 1 is 1.09 bits per heavy atom. The first-order valence-corrected chi connectivity index (χ1v) is 9.88. The van der Waals surface area contributed by atoms with Gasteiger partial charge in [0.25, 0.3) is 5.91 Å². The number of fused-ring (bicyclic) bond motifs is 3. The normalized spacial score (nSPS) is 16.1. The lowest BCUT2D eigenvalue weighted by atomic mass is 10.0. The minimum absolute atomic E-state index is 0.0112. The molecule has 0 saturated carbocycles. The first-order valence-electron chi connectivity index (χ1n) is 9.88. The zero-order valence-corrected chi connectivity index (χ0v) is 16.7. The zero-order chi connectivity index (χ0) is 22.5. The van der Waals surface area contributed by atoms with Gasteiger partial charge in [-0.1, -0.05) is 0 Å². The first kappa shape index (κ1) is 20.6. The summed E-state index contributed by atoms with van der Waals surface area (Å²) in [7, 11) is 0. The number of nitrogen functional groups attached to an aromatic ring is 1. The summed E-state index contributed by atoms with van der Waals surface area (Å²) in [6.45, 7) is 1.46. The first-order chi connectivity index (χ1) is 15.3. The van der Waals surface area contributed by atoms with Crippen LogP contribution in [0, 0.1) is 0 Å². The zero-order valence-electron chi connectivity index (χ0n) is 16.7. The molecule has 2 aliphatic rings. The van der Waals surface area contributed by atoms with E-state index >= 15 is 0 Å². The van der Waals surface area contributed by atoms with Crippen molar-refractivity contribution in [1.82, 2.24) is 20.1 Å². The van der Waals surface area contributed by atoms with E-state index in [0.29, 0.717) is 43.3 Å². The summed E-state index contributed by atoms with van der Waals surface area (Å²) in [5.74, 6) is 0.129. The standard InChI is InChI=1S/C21H18F3N5O3/c22-21(23,24)18-4-2-12(27-28-18)6-29(13-7-31-8-13)20(30)11-1-3-17-14(5-11)15-9-32-10-16(15)19(25)26-17/h1-5,13H,6-10H2,(H2,25,26). The van der Waals surface area contributed by atoms with Crippen molar-refractivity contribution in [2.45, 2.75) is 32.0 Å². The van der Waals surface area contributed by atoms with Gasteiger partial charge in [0.1, 0.15) is 5.82 Å². The molecule has 11 heteroatoms. The maximum atomic E-state index is 13.4. The fourth-order valence-electron chi connectivity index (χ4n) is 3.81. The molecule has 2 aromatic heterocycles. The second-order valence-corrected chi connectivity index (χ2v) is 7.71. The molecule has 0 atom stereocenters. The number of ether oxygens (including phenoxy) is 2. The Morgan fingerprint density at radius 2 is 1.88 bits per heavy atom. The number of carbonyl (C=O) groups excluding carboxylic acids is 1. The van der Waals surface area contributed by atoms with Crippen LogP contribution in [-0.4, -0.2) is 45.2 Å². The average molecular weight is 445 g/mol. The molecule has 5 rings (SSSR count). The van der Waals surface area contributed by atoms with Crippen molar-refractivity contribution in [3.05, 3.63) is 58.4 Å². The van der Waals surface area contributed by atoms with Gasteiger partial charge in [0.05, 0.1) is 50.2 Å². The quantitative estimate of drug-likeness (QED) is 0.659. The van der Waals surface area contributed by atoms with Crippen molar-refractivity contribution in [3.8, 4) is 0 Å². The highest BCUT2D eigenvalue weighted by atomic mass is 19.4. The van der Waals surface area contributed by atoms with Gasteiger partial charge < -0.3 is 20.1 Å². The van der Waals surface area contributed by atoms with Crippen LogP contribution in [0.4, 0.5) is 19.0 Å². The number of alkyl halides is 3. The Bertz CT molecular complexity index is 1200. The number of benzene rings is 1. The molecule has 1 fully saturated rings. The molecule has 0 unspecified atom stereocenters. The number of amides is 1. The predicted octanol–water partition coefficient (Wildman–Crippen LogP) is 2.70. The van der Waals surface area contributed by atoms with Crippen molar-refractivity contribution in [3.63, 3.8) is 0 Å². The monoisotopic (exact) mass is 445 g/mol. The molecule has 0 bridgehead atoms. The van der Waals surface area contributed by atoms with Gasteiger partial charge in [0.2, 0.25) is 0 Å². The van der Waals surface area contributed by atoms with Gasteiger partial charge in [0.15, 0.2) is 5.69 Å². The van der Waals surface area contributed by atoms with E-state index in [1.54, 1.807) is 23.1 Å². The number of carbonyl (C=O) groups is 1. The van der Waals surface area contributed by atoms with Crippen LogP contribution in [0.1, 0.15) is 32.9 Å². The molecule has 2 N–H and O–H groups in total. The molecule has 4 heterocycles. The molecule has 166 valence electrons. The molecule has 0 spiro atoms. The van der Waals surface area contributed by atoms with Crippen LogP contribution >= 0.6 is 0 Å². The van der Waals surface area contributed by atoms with E-state index in [2.05, 4.69) is 15.2 Å². The Kier molecular flexibility index (Phi) is 4.94. The van der Waals surface area contributed by atoms with Crippen LogP contribution in [0.15, 0.2) is 30.3 Å². The third-order valence-electron chi connectivity index (χ3n) is 5.64. The maximum Gasteiger partial charge on any atom is 0.435 e. The van der Waals surface area contributed by atoms with E-state index in [1.807, 2.05) is 0 Å². The highest BCUT2D eigenvalue weighted by Gasteiger charge is 2.34. The minimum atomic E-state index is -4.57. The van der Waals surface area contributed by atoms with E-state index in [4.69, 9.17) is 15.2 Å². The minimum Gasteiger partial charge on any atom is -0.383 e. The summed E-state index contributed by atoms with van der Waals surface area (Å²) >= 11 is 0. The van der Waals surface area contributed by atoms with Crippen LogP contribution in [0.5, 0.6) is 0 Å². The number of nitrogens with zero attached hydrogens (tertiary/aromatic N) is 4. The van der Waals surface area contributed by atoms with Gasteiger partial charge in [-0.2, -0.15) is 18.3 Å². The third-order valence-corrected chi connectivity index (χ3v) is 5.64. The number of nitrogens with two attached hydrogens (primary N) is 1. The van der Waals surface area contributed by atoms with Gasteiger partial charge in [0, 0.05) is 16.5 Å². The van der Waals surface area contributed by atoms with E-state index < -0.39 is 11.9 Å². The summed E-state index contributed by atoms with van der Waals surface area (Å²) in [6.07, 6.45) is -4.57. The Morgan fingerprint density at radius 3 is 2.53 bits per heavy atom. The number of anilines is 1. The Balaban J connectivity index is 1.46. The van der Waals surface area contributed by atoms with Crippen LogP contribution in [-0.2, 0) is 35.4 Å². The summed E-state index contributed by atoms with van der Waals surface area (Å²) in [5.41, 5.74) is 8.00. The van der Waals surface area contributed by atoms with Crippen molar-refractivity contribution in [1.29, 1.82) is 0 Å². The van der Waals surface area contributed by atoms with Gasteiger partial charge in [-0.3, -0.25) is 4.79 Å². The molecule has 0 aliphatic carbocycles. The van der Waals surface area contributed by atoms with Gasteiger partial charge >= 0.3 is 6.18 Å². The Labute approximate surface area is 180 Å². The second-order valence-electron chi connectivity index (χ2n) is 7.71. The second kappa shape index (κ2) is 7.68. The number of hydrogen-bond donors (Lipinski definition) is 1. The molecular formula is C21H18F3N5O3. The largest absolute Gasteiger partial charge is 0.435 e. The Hall–Kier alpha value is -3.31. The molecule has 0 radical (unpaired) electrons. The van der Waals surface area contributed by atoms with Gasteiger partial charge in [-0.25, -0.2) is 4.98 Å². The number of rotatable bonds is 4. The fraction of sp³-hybridized carbons (Fsp3) is 0.333. The van der Waals surface area contributed by atoms with E-state index in [1.165, 1.54) is 6.07 Å². The topological polar surface area (TPSA) is 103 Å². The number of halogens is 3. The smallest absolute Gasteiger partial charge is 0.383 e. The van der Waals surface area contributed by atoms with E-state index in [0.717, 1.165) is 22.6 Å². The molecule has 2 aliphatic heterocycles. The lowest BCUT2D eigenvalue weighted by molar-refractivity contribution is -0.141. The van der Waals surface area contributed by atoms with Crippen molar-refractivity contribution < 1.29 is 27.4 Å². The number of aromatic nitrogens is 3. The summed E-state index contributed by atoms with van der Waals surface area (Å²) in [4.78, 5) is 19.3. The molecule has 1 saturated heterocycles. The predicted molar refractivity (Wildman–Crippen MR) is 106 cm³/mol. The highest BCUT2D eigenvalue weighted by Crippen LogP contribution is 2.32. The molecule has 32 heavy (non-hydrogen) atoms. The van der Waals surface area contributed by atoms with Crippen molar-refractivity contribution in [2.24, 2.45) is 0 Å². The SMILES string of the molecule is Nc1nc2ccc(C(=O)N(Cc3ccc(C(F)(F)F)nn3)C3COC3)cc2c2c1COC2. The van der Waals surface area contributed by atoms with Crippen LogP contribution < -0.4 is 5.73 Å². The van der Waals surface area contributed by atoms with Gasteiger partial charge in [-0.15, -0.1) is 5.10 Å². The van der Waals surface area contributed by atoms with Crippen LogP contribution in [0.25, 0.3) is 10.9 Å². The van der Waals surface area contributed by atoms with E-state index in [-0.39, 0.29) is 24.2 Å². The molecule has 1 amide bonds. The summed E-state index contributed by atoms with van der Waals surface area (Å²) in [5, 5.41) is 7.70. The highest BCUT2D eigenvalue weighted by molar-refractivity contribution is 5.99. The van der Waals surface area contributed by atoms with Crippen LogP contribution in [0.3, 0.4) is 0 Å².